The summed E-state index contributed by atoms with van der Waals surface area (Å²) in [6.07, 6.45) is 3.01. The van der Waals surface area contributed by atoms with Gasteiger partial charge in [-0.05, 0) is 37.5 Å². The highest BCUT2D eigenvalue weighted by atomic mass is 16.5. The van der Waals surface area contributed by atoms with Crippen LogP contribution in [-0.4, -0.2) is 37.0 Å². The van der Waals surface area contributed by atoms with Crippen molar-refractivity contribution in [3.63, 3.8) is 0 Å². The first-order valence-corrected chi connectivity index (χ1v) is 8.38. The topological polar surface area (TPSA) is 97.6 Å². The summed E-state index contributed by atoms with van der Waals surface area (Å²) in [5, 5.41) is 5.13. The van der Waals surface area contributed by atoms with E-state index in [1.807, 2.05) is 30.3 Å². The van der Waals surface area contributed by atoms with Crippen molar-refractivity contribution in [2.75, 3.05) is 13.2 Å². The summed E-state index contributed by atoms with van der Waals surface area (Å²) in [4.78, 5) is 35.3. The fourth-order valence-corrected chi connectivity index (χ4v) is 2.21. The van der Waals surface area contributed by atoms with Gasteiger partial charge in [-0.25, -0.2) is 4.79 Å². The maximum Gasteiger partial charge on any atom is 0.328 e. The van der Waals surface area contributed by atoms with Crippen molar-refractivity contribution >= 4 is 17.8 Å². The molecule has 0 aliphatic rings. The molecule has 2 rings (SSSR count). The third-order valence-corrected chi connectivity index (χ3v) is 3.60. The molecule has 0 saturated heterocycles. The predicted octanol–water partition coefficient (Wildman–Crippen LogP) is 1.69. The number of benzene rings is 1. The smallest absolute Gasteiger partial charge is 0.328 e. The molecular formula is C19H22N2O5. The quantitative estimate of drug-likeness (QED) is 0.525. The molecule has 1 aromatic heterocycles. The molecule has 0 aliphatic heterocycles. The summed E-state index contributed by atoms with van der Waals surface area (Å²) < 4.78 is 9.84. The molecule has 0 saturated carbocycles. The summed E-state index contributed by atoms with van der Waals surface area (Å²) in [7, 11) is 0. The lowest BCUT2D eigenvalue weighted by Crippen LogP contribution is -2.41. The number of esters is 1. The van der Waals surface area contributed by atoms with E-state index in [-0.39, 0.29) is 18.3 Å². The van der Waals surface area contributed by atoms with Gasteiger partial charge in [0.2, 0.25) is 0 Å². The van der Waals surface area contributed by atoms with Gasteiger partial charge in [-0.2, -0.15) is 0 Å². The lowest BCUT2D eigenvalue weighted by molar-refractivity contribution is -0.150. The standard InChI is InChI=1S/C19H22N2O5/c1-14(21-18(23)16-10-6-12-25-16)19(24)26-13-17(22)20-11-5-9-15-7-3-2-4-8-15/h2-4,6-8,10,12,14H,5,9,11,13H2,1H3,(H,20,22)(H,21,23). The Morgan fingerprint density at radius 3 is 2.58 bits per heavy atom. The Bertz CT molecular complexity index is 713. The van der Waals surface area contributed by atoms with Crippen molar-refractivity contribution in [2.24, 2.45) is 0 Å². The third-order valence-electron chi connectivity index (χ3n) is 3.60. The monoisotopic (exact) mass is 358 g/mol. The van der Waals surface area contributed by atoms with Gasteiger partial charge in [0.1, 0.15) is 6.04 Å². The predicted molar refractivity (Wildman–Crippen MR) is 94.4 cm³/mol. The van der Waals surface area contributed by atoms with E-state index in [2.05, 4.69) is 10.6 Å². The van der Waals surface area contributed by atoms with E-state index >= 15 is 0 Å². The van der Waals surface area contributed by atoms with E-state index in [4.69, 9.17) is 9.15 Å². The van der Waals surface area contributed by atoms with Gasteiger partial charge < -0.3 is 19.8 Å². The minimum absolute atomic E-state index is 0.0980. The summed E-state index contributed by atoms with van der Waals surface area (Å²) in [5.41, 5.74) is 1.20. The summed E-state index contributed by atoms with van der Waals surface area (Å²) in [5.74, 6) is -1.49. The molecule has 7 nitrogen and oxygen atoms in total. The SMILES string of the molecule is CC(NC(=O)c1ccco1)C(=O)OCC(=O)NCCCc1ccccc1. The molecule has 0 fully saturated rings. The fraction of sp³-hybridized carbons (Fsp3) is 0.316. The molecule has 26 heavy (non-hydrogen) atoms. The number of hydrogen-bond donors (Lipinski definition) is 2. The van der Waals surface area contributed by atoms with E-state index in [1.54, 1.807) is 6.07 Å². The highest BCUT2D eigenvalue weighted by molar-refractivity contribution is 5.94. The molecule has 2 amide bonds. The van der Waals surface area contributed by atoms with Gasteiger partial charge in [0.25, 0.3) is 11.8 Å². The number of rotatable bonds is 9. The number of carbonyl (C=O) groups is 3. The number of aryl methyl sites for hydroxylation is 1. The first-order valence-electron chi connectivity index (χ1n) is 8.38. The average Bonchev–Trinajstić information content (AvgIpc) is 3.19. The first-order chi connectivity index (χ1) is 12.6. The van der Waals surface area contributed by atoms with Crippen molar-refractivity contribution < 1.29 is 23.5 Å². The van der Waals surface area contributed by atoms with E-state index in [9.17, 15) is 14.4 Å². The van der Waals surface area contributed by atoms with Crippen LogP contribution in [0.2, 0.25) is 0 Å². The molecule has 0 spiro atoms. The van der Waals surface area contributed by atoms with Gasteiger partial charge in [-0.3, -0.25) is 9.59 Å². The van der Waals surface area contributed by atoms with Crippen LogP contribution in [0.25, 0.3) is 0 Å². The Labute approximate surface area is 151 Å². The van der Waals surface area contributed by atoms with E-state index in [1.165, 1.54) is 24.8 Å². The van der Waals surface area contributed by atoms with Crippen molar-refractivity contribution in [3.05, 3.63) is 60.1 Å². The van der Waals surface area contributed by atoms with Crippen molar-refractivity contribution in [1.29, 1.82) is 0 Å². The lowest BCUT2D eigenvalue weighted by atomic mass is 10.1. The molecule has 7 heteroatoms. The molecule has 1 aromatic carbocycles. The Morgan fingerprint density at radius 2 is 1.88 bits per heavy atom. The molecule has 0 aliphatic carbocycles. The van der Waals surface area contributed by atoms with Crippen LogP contribution in [-0.2, 0) is 20.7 Å². The van der Waals surface area contributed by atoms with Crippen LogP contribution in [0.5, 0.6) is 0 Å². The van der Waals surface area contributed by atoms with Gasteiger partial charge in [0.05, 0.1) is 6.26 Å². The van der Waals surface area contributed by atoms with Gasteiger partial charge in [-0.15, -0.1) is 0 Å². The maximum atomic E-state index is 11.8. The number of hydrogen-bond acceptors (Lipinski definition) is 5. The van der Waals surface area contributed by atoms with E-state index in [0.29, 0.717) is 6.54 Å². The summed E-state index contributed by atoms with van der Waals surface area (Å²) in [6, 6.07) is 12.1. The molecule has 0 radical (unpaired) electrons. The van der Waals surface area contributed by atoms with Gasteiger partial charge >= 0.3 is 5.97 Å². The molecular weight excluding hydrogens is 336 g/mol. The largest absolute Gasteiger partial charge is 0.459 e. The maximum absolute atomic E-state index is 11.8. The Kier molecular flexibility index (Phi) is 7.42. The number of ether oxygens (including phenoxy) is 1. The minimum atomic E-state index is -0.890. The normalized spacial score (nSPS) is 11.4. The number of furan rings is 1. The van der Waals surface area contributed by atoms with Gasteiger partial charge in [0, 0.05) is 6.54 Å². The van der Waals surface area contributed by atoms with Crippen LogP contribution in [0.15, 0.2) is 53.1 Å². The number of nitrogens with one attached hydrogen (secondary N) is 2. The van der Waals surface area contributed by atoms with E-state index < -0.39 is 17.9 Å². The Morgan fingerprint density at radius 1 is 1.12 bits per heavy atom. The second-order valence-corrected chi connectivity index (χ2v) is 5.72. The van der Waals surface area contributed by atoms with Crippen LogP contribution in [0.1, 0.15) is 29.5 Å². The Balaban J connectivity index is 1.60. The fourth-order valence-electron chi connectivity index (χ4n) is 2.21. The minimum Gasteiger partial charge on any atom is -0.459 e. The molecule has 1 heterocycles. The zero-order valence-electron chi connectivity index (χ0n) is 14.6. The third kappa shape index (κ3) is 6.43. The molecule has 2 N–H and O–H groups in total. The first kappa shape index (κ1) is 19.2. The number of amides is 2. The second-order valence-electron chi connectivity index (χ2n) is 5.72. The summed E-state index contributed by atoms with van der Waals surface area (Å²) >= 11 is 0. The van der Waals surface area contributed by atoms with Crippen LogP contribution in [0.3, 0.4) is 0 Å². The number of carbonyl (C=O) groups excluding carboxylic acids is 3. The Hall–Kier alpha value is -3.09. The molecule has 0 bridgehead atoms. The van der Waals surface area contributed by atoms with Crippen LogP contribution < -0.4 is 10.6 Å². The van der Waals surface area contributed by atoms with Gasteiger partial charge in [-0.1, -0.05) is 30.3 Å². The average molecular weight is 358 g/mol. The lowest BCUT2D eigenvalue weighted by Gasteiger charge is -2.12. The highest BCUT2D eigenvalue weighted by Gasteiger charge is 2.20. The second kappa shape index (κ2) is 10.0. The zero-order valence-corrected chi connectivity index (χ0v) is 14.6. The van der Waals surface area contributed by atoms with Crippen molar-refractivity contribution in [3.8, 4) is 0 Å². The van der Waals surface area contributed by atoms with Crippen LogP contribution in [0, 0.1) is 0 Å². The van der Waals surface area contributed by atoms with Gasteiger partial charge in [0.15, 0.2) is 12.4 Å². The summed E-state index contributed by atoms with van der Waals surface area (Å²) in [6.45, 7) is 1.59. The van der Waals surface area contributed by atoms with Crippen LogP contribution >= 0.6 is 0 Å². The van der Waals surface area contributed by atoms with Crippen molar-refractivity contribution in [2.45, 2.75) is 25.8 Å². The molecule has 1 atom stereocenters. The van der Waals surface area contributed by atoms with Crippen LogP contribution in [0.4, 0.5) is 0 Å². The van der Waals surface area contributed by atoms with E-state index in [0.717, 1.165) is 12.8 Å². The molecule has 2 aromatic rings. The molecule has 138 valence electrons. The highest BCUT2D eigenvalue weighted by Crippen LogP contribution is 2.02. The zero-order chi connectivity index (χ0) is 18.8. The van der Waals surface area contributed by atoms with Crippen molar-refractivity contribution in [1.82, 2.24) is 10.6 Å². The molecule has 1 unspecified atom stereocenters.